The summed E-state index contributed by atoms with van der Waals surface area (Å²) in [5.41, 5.74) is -1.87. The lowest BCUT2D eigenvalue weighted by Crippen LogP contribution is -2.26. The van der Waals surface area contributed by atoms with E-state index in [-0.39, 0.29) is 0 Å². The number of carboxylic acid groups (broad SMARTS) is 1. The summed E-state index contributed by atoms with van der Waals surface area (Å²) in [6.07, 6.45) is -1.27. The zero-order valence-corrected chi connectivity index (χ0v) is 12.4. The Labute approximate surface area is 121 Å². The molecule has 0 aliphatic rings. The first kappa shape index (κ1) is 16.4. The van der Waals surface area contributed by atoms with Gasteiger partial charge in [-0.1, -0.05) is 0 Å². The third-order valence-corrected chi connectivity index (χ3v) is 2.66. The van der Waals surface area contributed by atoms with Gasteiger partial charge in [-0.05, 0) is 36.7 Å². The van der Waals surface area contributed by atoms with E-state index < -0.39 is 45.1 Å². The molecule has 0 saturated heterocycles. The zero-order valence-electron chi connectivity index (χ0n) is 10.8. The Morgan fingerprint density at radius 1 is 1.25 bits per heavy atom. The molecule has 1 aromatic rings. The summed E-state index contributed by atoms with van der Waals surface area (Å²) in [5, 5.41) is 8.89. The molecule has 0 bridgehead atoms. The van der Waals surface area contributed by atoms with Crippen molar-refractivity contribution in [2.75, 3.05) is 0 Å². The standard InChI is InChI=1S/C12H11BrF2O5/c1-12(2,3)20-11(18)19-9-7(10(16)17)5(14)4-6(15)8(9)13/h4H,1-3H3,(H,16,17). The second kappa shape index (κ2) is 5.74. The van der Waals surface area contributed by atoms with Gasteiger partial charge in [0, 0.05) is 6.07 Å². The molecule has 1 N–H and O–H groups in total. The number of halogens is 3. The predicted octanol–water partition coefficient (Wildman–Crippen LogP) is 3.74. The lowest BCUT2D eigenvalue weighted by Gasteiger charge is -2.19. The van der Waals surface area contributed by atoms with E-state index in [0.29, 0.717) is 6.07 Å². The zero-order chi connectivity index (χ0) is 15.7. The minimum atomic E-state index is -1.71. The molecule has 5 nitrogen and oxygen atoms in total. The molecule has 1 rings (SSSR count). The van der Waals surface area contributed by atoms with Crippen LogP contribution in [0.2, 0.25) is 0 Å². The molecule has 0 radical (unpaired) electrons. The van der Waals surface area contributed by atoms with Gasteiger partial charge in [0.2, 0.25) is 0 Å². The van der Waals surface area contributed by atoms with Crippen molar-refractivity contribution in [3.63, 3.8) is 0 Å². The maximum atomic E-state index is 13.5. The molecule has 0 unspecified atom stereocenters. The van der Waals surface area contributed by atoms with Gasteiger partial charge in [-0.15, -0.1) is 0 Å². The van der Waals surface area contributed by atoms with E-state index in [1.807, 2.05) is 0 Å². The van der Waals surface area contributed by atoms with E-state index in [1.165, 1.54) is 0 Å². The predicted molar refractivity (Wildman–Crippen MR) is 67.9 cm³/mol. The summed E-state index contributed by atoms with van der Waals surface area (Å²) in [6, 6.07) is 0.371. The molecule has 0 atom stereocenters. The third kappa shape index (κ3) is 3.89. The van der Waals surface area contributed by atoms with E-state index in [2.05, 4.69) is 20.7 Å². The van der Waals surface area contributed by atoms with Gasteiger partial charge >= 0.3 is 12.1 Å². The van der Waals surface area contributed by atoms with Crippen molar-refractivity contribution in [2.45, 2.75) is 26.4 Å². The Balaban J connectivity index is 3.23. The minimum Gasteiger partial charge on any atom is -0.477 e. The van der Waals surface area contributed by atoms with Crippen LogP contribution in [-0.2, 0) is 4.74 Å². The quantitative estimate of drug-likeness (QED) is 0.498. The molecule has 0 aliphatic carbocycles. The van der Waals surface area contributed by atoms with Crippen molar-refractivity contribution in [3.05, 3.63) is 27.7 Å². The van der Waals surface area contributed by atoms with Crippen LogP contribution in [0.15, 0.2) is 10.5 Å². The molecule has 110 valence electrons. The molecule has 0 spiro atoms. The first-order valence-corrected chi connectivity index (χ1v) is 6.14. The Kier molecular flexibility index (Phi) is 4.69. The normalized spacial score (nSPS) is 11.1. The number of carbonyl (C=O) groups excluding carboxylic acids is 1. The van der Waals surface area contributed by atoms with Crippen molar-refractivity contribution in [1.29, 1.82) is 0 Å². The van der Waals surface area contributed by atoms with Gasteiger partial charge in [-0.25, -0.2) is 18.4 Å². The summed E-state index contributed by atoms with van der Waals surface area (Å²) in [6.45, 7) is 4.65. The Morgan fingerprint density at radius 3 is 2.25 bits per heavy atom. The van der Waals surface area contributed by atoms with Crippen LogP contribution in [0.1, 0.15) is 31.1 Å². The van der Waals surface area contributed by atoms with E-state index in [1.54, 1.807) is 20.8 Å². The fourth-order valence-electron chi connectivity index (χ4n) is 1.22. The average molecular weight is 353 g/mol. The molecule has 0 saturated carbocycles. The number of carbonyl (C=O) groups is 2. The molecular formula is C12H11BrF2O5. The highest BCUT2D eigenvalue weighted by molar-refractivity contribution is 9.10. The van der Waals surface area contributed by atoms with Crippen LogP contribution < -0.4 is 4.74 Å². The van der Waals surface area contributed by atoms with Crippen LogP contribution in [0.5, 0.6) is 5.75 Å². The molecule has 0 fully saturated rings. The van der Waals surface area contributed by atoms with Crippen molar-refractivity contribution in [3.8, 4) is 5.75 Å². The first-order valence-electron chi connectivity index (χ1n) is 5.34. The second-order valence-corrected chi connectivity index (χ2v) is 5.52. The molecular weight excluding hydrogens is 342 g/mol. The molecule has 8 heteroatoms. The van der Waals surface area contributed by atoms with Crippen LogP contribution in [0, 0.1) is 11.6 Å². The Morgan fingerprint density at radius 2 is 1.80 bits per heavy atom. The topological polar surface area (TPSA) is 72.8 Å². The van der Waals surface area contributed by atoms with Gasteiger partial charge in [-0.3, -0.25) is 0 Å². The summed E-state index contributed by atoms with van der Waals surface area (Å²) in [4.78, 5) is 22.4. The Bertz CT molecular complexity index is 566. The van der Waals surface area contributed by atoms with Crippen LogP contribution in [0.4, 0.5) is 13.6 Å². The number of rotatable bonds is 2. The summed E-state index contributed by atoms with van der Waals surface area (Å²) < 4.78 is 35.7. The fraction of sp³-hybridized carbons (Fsp3) is 0.333. The molecule has 1 aromatic carbocycles. The number of hydrogen-bond acceptors (Lipinski definition) is 4. The lowest BCUT2D eigenvalue weighted by atomic mass is 10.2. The molecule has 0 amide bonds. The lowest BCUT2D eigenvalue weighted by molar-refractivity contribution is 0.0201. The summed E-state index contributed by atoms with van der Waals surface area (Å²) in [7, 11) is 0. The van der Waals surface area contributed by atoms with Crippen LogP contribution in [-0.4, -0.2) is 22.8 Å². The van der Waals surface area contributed by atoms with Crippen LogP contribution in [0.25, 0.3) is 0 Å². The van der Waals surface area contributed by atoms with Gasteiger partial charge in [-0.2, -0.15) is 0 Å². The average Bonchev–Trinajstić information content (AvgIpc) is 2.22. The van der Waals surface area contributed by atoms with Gasteiger partial charge < -0.3 is 14.6 Å². The first-order chi connectivity index (χ1) is 9.03. The van der Waals surface area contributed by atoms with Crippen LogP contribution >= 0.6 is 15.9 Å². The third-order valence-electron chi connectivity index (χ3n) is 1.92. The largest absolute Gasteiger partial charge is 0.514 e. The smallest absolute Gasteiger partial charge is 0.477 e. The van der Waals surface area contributed by atoms with Crippen molar-refractivity contribution in [1.82, 2.24) is 0 Å². The number of benzene rings is 1. The van der Waals surface area contributed by atoms with E-state index in [4.69, 9.17) is 9.84 Å². The molecule has 0 aromatic heterocycles. The number of ether oxygens (including phenoxy) is 2. The van der Waals surface area contributed by atoms with Gasteiger partial charge in [0.05, 0.1) is 4.47 Å². The Hall–Kier alpha value is -1.70. The summed E-state index contributed by atoms with van der Waals surface area (Å²) >= 11 is 2.70. The van der Waals surface area contributed by atoms with Gasteiger partial charge in [0.15, 0.2) is 5.75 Å². The number of hydrogen-bond donors (Lipinski definition) is 1. The highest BCUT2D eigenvalue weighted by Gasteiger charge is 2.27. The number of aromatic carboxylic acids is 1. The van der Waals surface area contributed by atoms with E-state index in [0.717, 1.165) is 0 Å². The van der Waals surface area contributed by atoms with Gasteiger partial charge in [0.25, 0.3) is 0 Å². The van der Waals surface area contributed by atoms with Crippen molar-refractivity contribution in [2.24, 2.45) is 0 Å². The van der Waals surface area contributed by atoms with Crippen molar-refractivity contribution >= 4 is 28.1 Å². The van der Waals surface area contributed by atoms with E-state index >= 15 is 0 Å². The van der Waals surface area contributed by atoms with Crippen LogP contribution in [0.3, 0.4) is 0 Å². The minimum absolute atomic E-state index is 0.371. The maximum absolute atomic E-state index is 13.5. The summed E-state index contributed by atoms with van der Waals surface area (Å²) in [5.74, 6) is -4.96. The van der Waals surface area contributed by atoms with Gasteiger partial charge in [0.1, 0.15) is 22.8 Å². The molecule has 0 aliphatic heterocycles. The second-order valence-electron chi connectivity index (χ2n) is 4.73. The molecule has 0 heterocycles. The monoisotopic (exact) mass is 352 g/mol. The fourth-order valence-corrected chi connectivity index (χ4v) is 1.62. The highest BCUT2D eigenvalue weighted by Crippen LogP contribution is 2.34. The maximum Gasteiger partial charge on any atom is 0.514 e. The highest BCUT2D eigenvalue weighted by atomic mass is 79.9. The SMILES string of the molecule is CC(C)(C)OC(=O)Oc1c(Br)c(F)cc(F)c1C(=O)O. The number of carboxylic acids is 1. The molecule has 20 heavy (non-hydrogen) atoms. The van der Waals surface area contributed by atoms with Crippen molar-refractivity contribution < 1.29 is 33.0 Å². The van der Waals surface area contributed by atoms with E-state index in [9.17, 15) is 18.4 Å².